The minimum absolute atomic E-state index is 0.129. The molecular formula is C29H30N2O5. The van der Waals surface area contributed by atoms with Gasteiger partial charge in [-0.05, 0) is 68.3 Å². The molecule has 1 atom stereocenters. The van der Waals surface area contributed by atoms with Gasteiger partial charge in [0.1, 0.15) is 5.75 Å². The summed E-state index contributed by atoms with van der Waals surface area (Å²) in [6, 6.07) is 18.8. The first-order valence-electron chi connectivity index (χ1n) is 11.9. The number of nitrogens with zero attached hydrogens (tertiary/aromatic N) is 1. The number of nitrogens with one attached hydrogen (secondary N) is 1. The fourth-order valence-corrected chi connectivity index (χ4v) is 3.94. The van der Waals surface area contributed by atoms with Gasteiger partial charge < -0.3 is 24.4 Å². The van der Waals surface area contributed by atoms with Gasteiger partial charge in [-0.2, -0.15) is 0 Å². The molecule has 0 aliphatic carbocycles. The summed E-state index contributed by atoms with van der Waals surface area (Å²) in [5.74, 6) is 1.42. The highest BCUT2D eigenvalue weighted by atomic mass is 16.5. The van der Waals surface area contributed by atoms with Crippen molar-refractivity contribution < 1.29 is 23.8 Å². The molecule has 1 aliphatic rings. The number of amides is 2. The van der Waals surface area contributed by atoms with E-state index in [1.165, 1.54) is 6.08 Å². The average Bonchev–Trinajstić information content (AvgIpc) is 2.87. The molecule has 0 radical (unpaired) electrons. The molecule has 0 saturated heterocycles. The predicted molar refractivity (Wildman–Crippen MR) is 141 cm³/mol. The zero-order valence-electron chi connectivity index (χ0n) is 20.9. The van der Waals surface area contributed by atoms with Crippen molar-refractivity contribution in [3.05, 3.63) is 83.4 Å². The number of anilines is 2. The van der Waals surface area contributed by atoms with Gasteiger partial charge >= 0.3 is 0 Å². The molecule has 0 bridgehead atoms. The molecule has 1 heterocycles. The predicted octanol–water partition coefficient (Wildman–Crippen LogP) is 5.37. The van der Waals surface area contributed by atoms with Crippen LogP contribution >= 0.6 is 0 Å². The van der Waals surface area contributed by atoms with E-state index in [9.17, 15) is 9.59 Å². The first-order valence-corrected chi connectivity index (χ1v) is 11.9. The average molecular weight is 487 g/mol. The van der Waals surface area contributed by atoms with Gasteiger partial charge in [0.15, 0.2) is 17.6 Å². The number of carbonyl (C=O) groups is 2. The van der Waals surface area contributed by atoms with E-state index in [0.717, 1.165) is 16.7 Å². The number of methoxy groups -OCH3 is 1. The van der Waals surface area contributed by atoms with Crippen LogP contribution < -0.4 is 24.4 Å². The van der Waals surface area contributed by atoms with Crippen molar-refractivity contribution in [2.75, 3.05) is 23.9 Å². The topological polar surface area (TPSA) is 77.1 Å². The van der Waals surface area contributed by atoms with E-state index in [-0.39, 0.29) is 11.8 Å². The second-order valence-corrected chi connectivity index (χ2v) is 8.52. The Kier molecular flexibility index (Phi) is 7.59. The normalized spacial score (nSPS) is 14.8. The number of aryl methyl sites for hydroxylation is 1. The van der Waals surface area contributed by atoms with Crippen LogP contribution in [0.3, 0.4) is 0 Å². The summed E-state index contributed by atoms with van der Waals surface area (Å²) < 4.78 is 16.7. The maximum Gasteiger partial charge on any atom is 0.268 e. The molecule has 7 nitrogen and oxygen atoms in total. The Morgan fingerprint density at radius 2 is 1.86 bits per heavy atom. The smallest absolute Gasteiger partial charge is 0.268 e. The van der Waals surface area contributed by atoms with Crippen molar-refractivity contribution in [2.24, 2.45) is 0 Å². The van der Waals surface area contributed by atoms with Gasteiger partial charge in [-0.1, -0.05) is 35.9 Å². The minimum Gasteiger partial charge on any atom is -0.493 e. The number of fused-ring (bicyclic) bond motifs is 1. The lowest BCUT2D eigenvalue weighted by Gasteiger charge is -2.33. The molecule has 3 aromatic carbocycles. The van der Waals surface area contributed by atoms with Gasteiger partial charge in [0, 0.05) is 11.8 Å². The van der Waals surface area contributed by atoms with E-state index in [0.29, 0.717) is 41.8 Å². The first kappa shape index (κ1) is 24.9. The second-order valence-electron chi connectivity index (χ2n) is 8.52. The molecule has 0 aromatic heterocycles. The summed E-state index contributed by atoms with van der Waals surface area (Å²) in [5.41, 5.74) is 4.15. The quantitative estimate of drug-likeness (QED) is 0.433. The summed E-state index contributed by atoms with van der Waals surface area (Å²) in [4.78, 5) is 27.3. The highest BCUT2D eigenvalue weighted by Gasteiger charge is 2.31. The molecule has 3 aromatic rings. The van der Waals surface area contributed by atoms with Gasteiger partial charge in [0.2, 0.25) is 5.91 Å². The molecular weight excluding hydrogens is 456 g/mol. The van der Waals surface area contributed by atoms with Crippen LogP contribution in [0, 0.1) is 6.92 Å². The zero-order chi connectivity index (χ0) is 25.7. The van der Waals surface area contributed by atoms with Crippen LogP contribution in [0.1, 0.15) is 30.5 Å². The van der Waals surface area contributed by atoms with Crippen LogP contribution in [-0.4, -0.2) is 31.6 Å². The van der Waals surface area contributed by atoms with Crippen LogP contribution in [0.15, 0.2) is 66.7 Å². The highest BCUT2D eigenvalue weighted by molar-refractivity contribution is 6.04. The third-order valence-corrected chi connectivity index (χ3v) is 5.81. The summed E-state index contributed by atoms with van der Waals surface area (Å²) in [6.07, 6.45) is 2.56. The van der Waals surface area contributed by atoms with Crippen molar-refractivity contribution in [2.45, 2.75) is 33.4 Å². The van der Waals surface area contributed by atoms with Gasteiger partial charge in [0.05, 0.1) is 25.9 Å². The van der Waals surface area contributed by atoms with E-state index in [2.05, 4.69) is 5.32 Å². The van der Waals surface area contributed by atoms with E-state index in [4.69, 9.17) is 14.2 Å². The Hall–Kier alpha value is -4.26. The SMILES string of the molecule is CCOc1ccc(/C=C/C(=O)Nc2ccc3c(c2)N(Cc2ccc(C)cc2)C(=O)C(C)O3)cc1OC. The molecule has 1 unspecified atom stereocenters. The number of hydrogen-bond donors (Lipinski definition) is 1. The van der Waals surface area contributed by atoms with E-state index in [1.807, 2.05) is 50.2 Å². The number of hydrogen-bond acceptors (Lipinski definition) is 5. The molecule has 2 amide bonds. The molecule has 0 fully saturated rings. The third-order valence-electron chi connectivity index (χ3n) is 5.81. The monoisotopic (exact) mass is 486 g/mol. The number of ether oxygens (including phenoxy) is 3. The maximum atomic E-state index is 13.0. The lowest BCUT2D eigenvalue weighted by Crippen LogP contribution is -2.44. The number of benzene rings is 3. The fourth-order valence-electron chi connectivity index (χ4n) is 3.94. The van der Waals surface area contributed by atoms with Gasteiger partial charge in [-0.25, -0.2) is 0 Å². The molecule has 36 heavy (non-hydrogen) atoms. The van der Waals surface area contributed by atoms with Gasteiger partial charge in [-0.3, -0.25) is 9.59 Å². The molecule has 0 saturated carbocycles. The lowest BCUT2D eigenvalue weighted by molar-refractivity contribution is -0.125. The number of carbonyl (C=O) groups excluding carboxylic acids is 2. The molecule has 0 spiro atoms. The Balaban J connectivity index is 1.51. The van der Waals surface area contributed by atoms with Crippen LogP contribution in [0.4, 0.5) is 11.4 Å². The van der Waals surface area contributed by atoms with E-state index < -0.39 is 6.10 Å². The molecule has 1 aliphatic heterocycles. The fraction of sp³-hybridized carbons (Fsp3) is 0.241. The second kappa shape index (κ2) is 11.0. The Bertz CT molecular complexity index is 1280. The van der Waals surface area contributed by atoms with Crippen LogP contribution in [-0.2, 0) is 16.1 Å². The Morgan fingerprint density at radius 1 is 1.08 bits per heavy atom. The maximum absolute atomic E-state index is 13.0. The summed E-state index contributed by atoms with van der Waals surface area (Å²) in [7, 11) is 1.57. The summed E-state index contributed by atoms with van der Waals surface area (Å²) in [5, 5.41) is 2.87. The highest BCUT2D eigenvalue weighted by Crippen LogP contribution is 2.37. The van der Waals surface area contributed by atoms with Crippen molar-refractivity contribution >= 4 is 29.3 Å². The van der Waals surface area contributed by atoms with Crippen molar-refractivity contribution in [1.29, 1.82) is 0 Å². The standard InChI is InChI=1S/C29H30N2O5/c1-5-35-26-13-10-21(16-27(26)34-4)11-15-28(32)30-23-12-14-25-24(17-23)31(29(33)20(3)36-25)18-22-8-6-19(2)7-9-22/h6-17,20H,5,18H2,1-4H3,(H,30,32)/b15-11+. The first-order chi connectivity index (χ1) is 17.4. The third kappa shape index (κ3) is 5.68. The van der Waals surface area contributed by atoms with E-state index >= 15 is 0 Å². The van der Waals surface area contributed by atoms with Crippen molar-refractivity contribution in [3.63, 3.8) is 0 Å². The Labute approximate surface area is 211 Å². The zero-order valence-corrected chi connectivity index (χ0v) is 20.9. The molecule has 4 rings (SSSR count). The minimum atomic E-state index is -0.586. The van der Waals surface area contributed by atoms with Crippen molar-refractivity contribution in [1.82, 2.24) is 0 Å². The number of rotatable bonds is 8. The molecule has 186 valence electrons. The van der Waals surface area contributed by atoms with E-state index in [1.54, 1.807) is 49.3 Å². The van der Waals surface area contributed by atoms with Crippen LogP contribution in [0.2, 0.25) is 0 Å². The summed E-state index contributed by atoms with van der Waals surface area (Å²) >= 11 is 0. The molecule has 7 heteroatoms. The lowest BCUT2D eigenvalue weighted by atomic mass is 10.1. The van der Waals surface area contributed by atoms with Crippen molar-refractivity contribution in [3.8, 4) is 17.2 Å². The van der Waals surface area contributed by atoms with Gasteiger partial charge in [-0.15, -0.1) is 0 Å². The van der Waals surface area contributed by atoms with Crippen LogP contribution in [0.25, 0.3) is 6.08 Å². The van der Waals surface area contributed by atoms with Gasteiger partial charge in [0.25, 0.3) is 5.91 Å². The Morgan fingerprint density at radius 3 is 2.58 bits per heavy atom. The summed E-state index contributed by atoms with van der Waals surface area (Å²) in [6.45, 7) is 6.62. The molecule has 1 N–H and O–H groups in total. The van der Waals surface area contributed by atoms with Crippen LogP contribution in [0.5, 0.6) is 17.2 Å². The largest absolute Gasteiger partial charge is 0.493 e.